The van der Waals surface area contributed by atoms with Gasteiger partial charge in [-0.25, -0.2) is 9.18 Å². The molecular weight excluding hydrogens is 251 g/mol. The second-order valence-corrected chi connectivity index (χ2v) is 3.57. The third-order valence-electron chi connectivity index (χ3n) is 2.17. The first-order valence-electron chi connectivity index (χ1n) is 5.67. The molecule has 0 fully saturated rings. The summed E-state index contributed by atoms with van der Waals surface area (Å²) >= 11 is 0. The van der Waals surface area contributed by atoms with Crippen LogP contribution < -0.4 is 10.6 Å². The van der Waals surface area contributed by atoms with E-state index in [1.54, 1.807) is 6.92 Å². The van der Waals surface area contributed by atoms with Gasteiger partial charge in [0.05, 0.1) is 13.2 Å². The van der Waals surface area contributed by atoms with Gasteiger partial charge < -0.3 is 15.4 Å². The van der Waals surface area contributed by atoms with Crippen LogP contribution in [0.3, 0.4) is 0 Å². The number of likely N-dealkylation sites (N-methyl/N-ethyl adjacent to an activating group) is 1. The summed E-state index contributed by atoms with van der Waals surface area (Å²) in [5, 5.41) is 5.29. The van der Waals surface area contributed by atoms with Gasteiger partial charge in [-0.1, -0.05) is 0 Å². The van der Waals surface area contributed by atoms with Gasteiger partial charge >= 0.3 is 5.97 Å². The van der Waals surface area contributed by atoms with Gasteiger partial charge in [0, 0.05) is 12.2 Å². The summed E-state index contributed by atoms with van der Waals surface area (Å²) in [6.45, 7) is 2.17. The van der Waals surface area contributed by atoms with Gasteiger partial charge in [-0.05, 0) is 31.2 Å². The fraction of sp³-hybridized carbons (Fsp3) is 0.231. The molecule has 0 saturated carbocycles. The number of carbonyl (C=O) groups excluding carboxylic acids is 2. The van der Waals surface area contributed by atoms with E-state index in [1.807, 2.05) is 0 Å². The monoisotopic (exact) mass is 266 g/mol. The predicted octanol–water partition coefficient (Wildman–Crippen LogP) is 1.43. The van der Waals surface area contributed by atoms with Crippen molar-refractivity contribution in [1.82, 2.24) is 5.32 Å². The van der Waals surface area contributed by atoms with Crippen LogP contribution in [0.1, 0.15) is 6.92 Å². The van der Waals surface area contributed by atoms with E-state index in [0.29, 0.717) is 12.2 Å². The number of methoxy groups -OCH3 is 1. The Balaban J connectivity index is 2.91. The highest BCUT2D eigenvalue weighted by Gasteiger charge is 2.11. The maximum atomic E-state index is 12.8. The number of amides is 1. The number of hydrogen-bond donors (Lipinski definition) is 2. The first-order valence-corrected chi connectivity index (χ1v) is 5.67. The zero-order chi connectivity index (χ0) is 14.3. The maximum absolute atomic E-state index is 12.8. The summed E-state index contributed by atoms with van der Waals surface area (Å²) < 4.78 is 17.2. The number of nitrogens with one attached hydrogen (secondary N) is 2. The molecule has 0 aromatic heterocycles. The van der Waals surface area contributed by atoms with E-state index < -0.39 is 11.9 Å². The quantitative estimate of drug-likeness (QED) is 0.625. The molecule has 0 bridgehead atoms. The van der Waals surface area contributed by atoms with Crippen LogP contribution in [0.4, 0.5) is 10.1 Å². The summed E-state index contributed by atoms with van der Waals surface area (Å²) in [5.74, 6) is -1.49. The van der Waals surface area contributed by atoms with Crippen LogP contribution in [-0.4, -0.2) is 25.5 Å². The predicted molar refractivity (Wildman–Crippen MR) is 68.8 cm³/mol. The molecule has 19 heavy (non-hydrogen) atoms. The molecule has 0 aliphatic carbocycles. The third kappa shape index (κ3) is 4.79. The lowest BCUT2D eigenvalue weighted by atomic mass is 10.2. The number of ether oxygens (including phenoxy) is 1. The van der Waals surface area contributed by atoms with Crippen LogP contribution in [0.5, 0.6) is 0 Å². The van der Waals surface area contributed by atoms with Crippen LogP contribution in [-0.2, 0) is 14.3 Å². The Morgan fingerprint density at radius 1 is 1.32 bits per heavy atom. The molecule has 0 unspecified atom stereocenters. The Labute approximate surface area is 110 Å². The zero-order valence-electron chi connectivity index (χ0n) is 10.7. The number of esters is 1. The average Bonchev–Trinajstić information content (AvgIpc) is 2.40. The molecule has 1 rings (SSSR count). The van der Waals surface area contributed by atoms with Gasteiger partial charge in [0.1, 0.15) is 11.5 Å². The van der Waals surface area contributed by atoms with Gasteiger partial charge in [0.25, 0.3) is 5.91 Å². The molecule has 102 valence electrons. The van der Waals surface area contributed by atoms with Gasteiger partial charge in [0.2, 0.25) is 0 Å². The Hall–Kier alpha value is -2.37. The molecule has 0 radical (unpaired) electrons. The second kappa shape index (κ2) is 7.15. The van der Waals surface area contributed by atoms with Crippen molar-refractivity contribution in [2.75, 3.05) is 19.0 Å². The van der Waals surface area contributed by atoms with Crippen molar-refractivity contribution in [2.24, 2.45) is 0 Å². The number of carbonyl (C=O) groups is 2. The van der Waals surface area contributed by atoms with Crippen molar-refractivity contribution in [2.45, 2.75) is 6.92 Å². The molecule has 6 heteroatoms. The molecule has 0 atom stereocenters. The SMILES string of the molecule is CCNC(=O)/C(=C/C(=O)OC)Nc1ccc(F)cc1. The molecule has 0 aliphatic rings. The van der Waals surface area contributed by atoms with E-state index in [0.717, 1.165) is 6.08 Å². The van der Waals surface area contributed by atoms with Crippen LogP contribution in [0.2, 0.25) is 0 Å². The standard InChI is InChI=1S/C13H15FN2O3/c1-3-15-13(18)11(8-12(17)19-2)16-10-6-4-9(14)5-7-10/h4-8,16H,3H2,1-2H3,(H,15,18)/b11-8-. The molecule has 1 aromatic rings. The van der Waals surface area contributed by atoms with Crippen LogP contribution in [0, 0.1) is 5.82 Å². The summed E-state index contributed by atoms with van der Waals surface area (Å²) in [7, 11) is 1.21. The first-order chi connectivity index (χ1) is 9.06. The van der Waals surface area contributed by atoms with E-state index >= 15 is 0 Å². The molecule has 1 amide bonds. The molecule has 0 aliphatic heterocycles. The Kier molecular flexibility index (Phi) is 5.53. The van der Waals surface area contributed by atoms with Crippen molar-refractivity contribution >= 4 is 17.6 Å². The van der Waals surface area contributed by atoms with Gasteiger partial charge in [-0.3, -0.25) is 4.79 Å². The zero-order valence-corrected chi connectivity index (χ0v) is 10.7. The lowest BCUT2D eigenvalue weighted by Crippen LogP contribution is -2.28. The first kappa shape index (κ1) is 14.7. The summed E-state index contributed by atoms with van der Waals surface area (Å²) in [4.78, 5) is 22.9. The van der Waals surface area contributed by atoms with Gasteiger partial charge in [-0.15, -0.1) is 0 Å². The van der Waals surface area contributed by atoms with Crippen molar-refractivity contribution in [3.8, 4) is 0 Å². The number of hydrogen-bond acceptors (Lipinski definition) is 4. The van der Waals surface area contributed by atoms with E-state index in [2.05, 4.69) is 15.4 Å². The summed E-state index contributed by atoms with van der Waals surface area (Å²) in [5.41, 5.74) is 0.517. The third-order valence-corrected chi connectivity index (χ3v) is 2.17. The van der Waals surface area contributed by atoms with E-state index in [-0.39, 0.29) is 11.5 Å². The highest BCUT2D eigenvalue weighted by molar-refractivity contribution is 6.01. The number of rotatable bonds is 5. The molecule has 5 nitrogen and oxygen atoms in total. The second-order valence-electron chi connectivity index (χ2n) is 3.57. The van der Waals surface area contributed by atoms with E-state index in [9.17, 15) is 14.0 Å². The molecule has 0 heterocycles. The number of anilines is 1. The van der Waals surface area contributed by atoms with Gasteiger partial charge in [-0.2, -0.15) is 0 Å². The average molecular weight is 266 g/mol. The molecular formula is C13H15FN2O3. The fourth-order valence-corrected chi connectivity index (χ4v) is 1.28. The minimum atomic E-state index is -0.657. The summed E-state index contributed by atoms with van der Waals surface area (Å²) in [6.07, 6.45) is 1.04. The maximum Gasteiger partial charge on any atom is 0.332 e. The van der Waals surface area contributed by atoms with Crippen molar-refractivity contribution in [1.29, 1.82) is 0 Å². The molecule has 1 aromatic carbocycles. The number of halogens is 1. The minimum Gasteiger partial charge on any atom is -0.466 e. The van der Waals surface area contributed by atoms with E-state index in [1.165, 1.54) is 31.4 Å². The van der Waals surface area contributed by atoms with Crippen molar-refractivity contribution in [3.63, 3.8) is 0 Å². The van der Waals surface area contributed by atoms with Crippen LogP contribution in [0.15, 0.2) is 36.0 Å². The largest absolute Gasteiger partial charge is 0.466 e. The molecule has 0 saturated heterocycles. The molecule has 2 N–H and O–H groups in total. The lowest BCUT2D eigenvalue weighted by Gasteiger charge is -2.10. The minimum absolute atomic E-state index is 0.0281. The smallest absolute Gasteiger partial charge is 0.332 e. The normalized spacial score (nSPS) is 10.8. The lowest BCUT2D eigenvalue weighted by molar-refractivity contribution is -0.135. The fourth-order valence-electron chi connectivity index (χ4n) is 1.28. The van der Waals surface area contributed by atoms with Crippen molar-refractivity contribution in [3.05, 3.63) is 41.9 Å². The van der Waals surface area contributed by atoms with Gasteiger partial charge in [0.15, 0.2) is 0 Å². The topological polar surface area (TPSA) is 67.4 Å². The Bertz CT molecular complexity index is 483. The van der Waals surface area contributed by atoms with Crippen molar-refractivity contribution < 1.29 is 18.7 Å². The number of benzene rings is 1. The van der Waals surface area contributed by atoms with E-state index in [4.69, 9.17) is 0 Å². The van der Waals surface area contributed by atoms with Crippen LogP contribution in [0.25, 0.3) is 0 Å². The van der Waals surface area contributed by atoms with Crippen LogP contribution >= 0.6 is 0 Å². The highest BCUT2D eigenvalue weighted by Crippen LogP contribution is 2.11. The molecule has 0 spiro atoms. The Morgan fingerprint density at radius 2 is 1.95 bits per heavy atom. The summed E-state index contributed by atoms with van der Waals surface area (Å²) in [6, 6.07) is 5.41. The highest BCUT2D eigenvalue weighted by atomic mass is 19.1. The Morgan fingerprint density at radius 3 is 2.47 bits per heavy atom.